The molecule has 5 rings (SSSR count). The number of anilines is 1. The zero-order chi connectivity index (χ0) is 24.4. The van der Waals surface area contributed by atoms with E-state index in [0.717, 1.165) is 30.1 Å². The monoisotopic (exact) mass is 483 g/mol. The Morgan fingerprint density at radius 1 is 1.20 bits per heavy atom. The van der Waals surface area contributed by atoms with Gasteiger partial charge < -0.3 is 18.8 Å². The van der Waals surface area contributed by atoms with Gasteiger partial charge in [0.15, 0.2) is 17.9 Å². The number of rotatable bonds is 10. The number of carbonyl (C=O) groups excluding carboxylic acids is 1. The van der Waals surface area contributed by atoms with Crippen LogP contribution in [0.5, 0.6) is 11.5 Å². The number of Topliss-reactive ketones (excluding diaryl/α,β-unsaturated/α-hetero) is 1. The van der Waals surface area contributed by atoms with Gasteiger partial charge in [0, 0.05) is 25.8 Å². The lowest BCUT2D eigenvalue weighted by molar-refractivity contribution is 0.0855. The molecule has 3 heterocycles. The standard InChI is InChI=1S/C26H27F2N3O4/c1-17(10-23(32)24-13-29-16-34-24)18-2-4-20(5-3-18)35-22-8-9-31(14-22)25-7-6-21(12-30-25)33-15-19-11-26(19,27)28/h2-7,12-13,16-17,19,22H,8-11,14-15H2,1H3/t17-,19-,22?/m1/s1. The zero-order valence-corrected chi connectivity index (χ0v) is 19.4. The second-order valence-corrected chi connectivity index (χ2v) is 9.26. The summed E-state index contributed by atoms with van der Waals surface area (Å²) in [5.74, 6) is -0.918. The number of ether oxygens (including phenoxy) is 2. The van der Waals surface area contributed by atoms with Crippen LogP contribution in [0.15, 0.2) is 59.6 Å². The summed E-state index contributed by atoms with van der Waals surface area (Å²) in [5.41, 5.74) is 1.05. The fourth-order valence-electron chi connectivity index (χ4n) is 4.24. The van der Waals surface area contributed by atoms with E-state index < -0.39 is 11.8 Å². The molecule has 1 saturated carbocycles. The quantitative estimate of drug-likeness (QED) is 0.370. The molecule has 2 aromatic heterocycles. The Morgan fingerprint density at radius 3 is 2.63 bits per heavy atom. The SMILES string of the molecule is C[C@H](CC(=O)c1cnco1)c1ccc(OC2CCN(c3ccc(OC[C@H]4CC4(F)F)cn3)C2)cc1. The van der Waals surface area contributed by atoms with E-state index in [4.69, 9.17) is 13.9 Å². The molecule has 1 saturated heterocycles. The van der Waals surface area contributed by atoms with Gasteiger partial charge in [-0.05, 0) is 35.7 Å². The summed E-state index contributed by atoms with van der Waals surface area (Å²) in [6, 6.07) is 11.4. The second kappa shape index (κ2) is 9.64. The number of benzene rings is 1. The van der Waals surface area contributed by atoms with Crippen molar-refractivity contribution in [1.82, 2.24) is 9.97 Å². The Bertz CT molecular complexity index is 1140. The third kappa shape index (κ3) is 5.61. The number of nitrogens with zero attached hydrogens (tertiary/aromatic N) is 3. The number of aromatic nitrogens is 2. The number of hydrogen-bond acceptors (Lipinski definition) is 7. The Hall–Kier alpha value is -3.49. The van der Waals surface area contributed by atoms with E-state index in [0.29, 0.717) is 18.7 Å². The van der Waals surface area contributed by atoms with Crippen LogP contribution >= 0.6 is 0 Å². The van der Waals surface area contributed by atoms with E-state index in [1.54, 1.807) is 12.3 Å². The molecule has 1 aliphatic carbocycles. The fraction of sp³-hybridized carbons (Fsp3) is 0.423. The molecule has 0 radical (unpaired) electrons. The summed E-state index contributed by atoms with van der Waals surface area (Å²) in [6.07, 6.45) is 5.41. The number of pyridine rings is 1. The normalized spacial score (nSPS) is 21.5. The average molecular weight is 484 g/mol. The first-order valence-corrected chi connectivity index (χ1v) is 11.8. The van der Waals surface area contributed by atoms with Crippen molar-refractivity contribution in [2.24, 2.45) is 5.92 Å². The molecule has 1 unspecified atom stereocenters. The van der Waals surface area contributed by atoms with Crippen molar-refractivity contribution in [2.75, 3.05) is 24.6 Å². The number of ketones is 1. The molecular formula is C26H27F2N3O4. The second-order valence-electron chi connectivity index (χ2n) is 9.26. The molecule has 0 N–H and O–H groups in total. The van der Waals surface area contributed by atoms with Crippen LogP contribution in [-0.2, 0) is 0 Å². The molecule has 2 fully saturated rings. The van der Waals surface area contributed by atoms with Crippen LogP contribution in [0.2, 0.25) is 0 Å². The number of hydrogen-bond donors (Lipinski definition) is 0. The minimum absolute atomic E-state index is 0.0169. The Morgan fingerprint density at radius 2 is 1.97 bits per heavy atom. The molecule has 0 amide bonds. The van der Waals surface area contributed by atoms with Crippen molar-refractivity contribution < 1.29 is 27.5 Å². The van der Waals surface area contributed by atoms with Crippen molar-refractivity contribution >= 4 is 11.6 Å². The number of alkyl halides is 2. The summed E-state index contributed by atoms with van der Waals surface area (Å²) < 4.78 is 42.6. The van der Waals surface area contributed by atoms with Crippen molar-refractivity contribution in [3.05, 3.63) is 66.5 Å². The summed E-state index contributed by atoms with van der Waals surface area (Å²) >= 11 is 0. The van der Waals surface area contributed by atoms with Gasteiger partial charge in [-0.3, -0.25) is 4.79 Å². The number of carbonyl (C=O) groups is 1. The smallest absolute Gasteiger partial charge is 0.255 e. The molecule has 3 aromatic rings. The van der Waals surface area contributed by atoms with Gasteiger partial charge in [0.05, 0.1) is 31.5 Å². The third-order valence-electron chi connectivity index (χ3n) is 6.55. The maximum absolute atomic E-state index is 13.0. The Kier molecular flexibility index (Phi) is 6.40. The summed E-state index contributed by atoms with van der Waals surface area (Å²) in [5, 5.41) is 0. The van der Waals surface area contributed by atoms with E-state index in [-0.39, 0.29) is 36.6 Å². The molecule has 0 spiro atoms. The molecule has 7 nitrogen and oxygen atoms in total. The molecule has 0 bridgehead atoms. The highest BCUT2D eigenvalue weighted by Crippen LogP contribution is 2.48. The van der Waals surface area contributed by atoms with E-state index in [1.165, 1.54) is 12.6 Å². The summed E-state index contributed by atoms with van der Waals surface area (Å²) in [7, 11) is 0. The van der Waals surface area contributed by atoms with Gasteiger partial charge in [0.1, 0.15) is 23.4 Å². The summed E-state index contributed by atoms with van der Waals surface area (Å²) in [4.78, 5) is 22.6. The van der Waals surface area contributed by atoms with Crippen molar-refractivity contribution in [2.45, 2.75) is 44.1 Å². The van der Waals surface area contributed by atoms with Crippen LogP contribution in [0.25, 0.3) is 0 Å². The zero-order valence-electron chi connectivity index (χ0n) is 19.4. The van der Waals surface area contributed by atoms with Crippen LogP contribution < -0.4 is 14.4 Å². The van der Waals surface area contributed by atoms with Crippen LogP contribution in [0.1, 0.15) is 48.2 Å². The lowest BCUT2D eigenvalue weighted by Gasteiger charge is -2.19. The molecule has 35 heavy (non-hydrogen) atoms. The predicted molar refractivity (Wildman–Crippen MR) is 124 cm³/mol. The van der Waals surface area contributed by atoms with E-state index in [1.807, 2.05) is 37.3 Å². The van der Waals surface area contributed by atoms with Crippen LogP contribution in [-0.4, -0.2) is 47.5 Å². The van der Waals surface area contributed by atoms with Crippen molar-refractivity contribution in [3.63, 3.8) is 0 Å². The highest BCUT2D eigenvalue weighted by atomic mass is 19.3. The molecule has 3 atom stereocenters. The Labute approximate surface area is 202 Å². The van der Waals surface area contributed by atoms with Crippen molar-refractivity contribution in [1.29, 1.82) is 0 Å². The molecular weight excluding hydrogens is 456 g/mol. The van der Waals surface area contributed by atoms with Gasteiger partial charge in [-0.15, -0.1) is 0 Å². The minimum atomic E-state index is -2.58. The highest BCUT2D eigenvalue weighted by Gasteiger charge is 2.57. The number of halogens is 2. The van der Waals surface area contributed by atoms with Gasteiger partial charge in [0.25, 0.3) is 5.92 Å². The minimum Gasteiger partial charge on any atom is -0.491 e. The van der Waals surface area contributed by atoms with Gasteiger partial charge in [-0.1, -0.05) is 19.1 Å². The van der Waals surface area contributed by atoms with Gasteiger partial charge in [0.2, 0.25) is 0 Å². The lowest BCUT2D eigenvalue weighted by Crippen LogP contribution is -2.25. The molecule has 9 heteroatoms. The van der Waals surface area contributed by atoms with Gasteiger partial charge >= 0.3 is 0 Å². The highest BCUT2D eigenvalue weighted by molar-refractivity contribution is 5.93. The molecule has 1 aromatic carbocycles. The maximum atomic E-state index is 13.0. The van der Waals surface area contributed by atoms with Crippen LogP contribution in [0.3, 0.4) is 0 Å². The lowest BCUT2D eigenvalue weighted by atomic mass is 9.95. The topological polar surface area (TPSA) is 77.7 Å². The fourth-order valence-corrected chi connectivity index (χ4v) is 4.24. The Balaban J connectivity index is 1.09. The number of oxazole rings is 1. The summed E-state index contributed by atoms with van der Waals surface area (Å²) in [6.45, 7) is 3.53. The van der Waals surface area contributed by atoms with Gasteiger partial charge in [-0.25, -0.2) is 18.7 Å². The first-order valence-electron chi connectivity index (χ1n) is 11.8. The van der Waals surface area contributed by atoms with Crippen LogP contribution in [0.4, 0.5) is 14.6 Å². The third-order valence-corrected chi connectivity index (χ3v) is 6.55. The molecule has 1 aliphatic heterocycles. The van der Waals surface area contributed by atoms with E-state index in [9.17, 15) is 13.6 Å². The van der Waals surface area contributed by atoms with E-state index in [2.05, 4.69) is 14.9 Å². The van der Waals surface area contributed by atoms with Crippen molar-refractivity contribution in [3.8, 4) is 11.5 Å². The first kappa shape index (κ1) is 23.3. The largest absolute Gasteiger partial charge is 0.491 e. The molecule has 2 aliphatic rings. The average Bonchev–Trinajstić information content (AvgIpc) is 3.29. The van der Waals surface area contributed by atoms with Crippen LogP contribution in [0, 0.1) is 5.92 Å². The maximum Gasteiger partial charge on any atom is 0.255 e. The first-order chi connectivity index (χ1) is 16.9. The predicted octanol–water partition coefficient (Wildman–Crippen LogP) is 5.14. The molecule has 184 valence electrons. The van der Waals surface area contributed by atoms with Gasteiger partial charge in [-0.2, -0.15) is 0 Å². The van der Waals surface area contributed by atoms with E-state index >= 15 is 0 Å².